The Kier molecular flexibility index (Phi) is 2.60. The fraction of sp³-hybridized carbons (Fsp3) is 0.231. The second kappa shape index (κ2) is 3.93. The SMILES string of the molecule is C/C=C/[C@H](C)N1C(=O)c2ccccc2C1=O. The molecular weight excluding hydrogens is 202 g/mol. The maximum Gasteiger partial charge on any atom is 0.262 e. The third-order valence-electron chi connectivity index (χ3n) is 2.70. The Bertz CT molecular complexity index is 442. The molecule has 2 amide bonds. The predicted octanol–water partition coefficient (Wildman–Crippen LogP) is 2.25. The highest BCUT2D eigenvalue weighted by Gasteiger charge is 2.37. The first kappa shape index (κ1) is 10.6. The third kappa shape index (κ3) is 1.45. The quantitative estimate of drug-likeness (QED) is 0.560. The molecule has 0 unspecified atom stereocenters. The minimum Gasteiger partial charge on any atom is -0.269 e. The van der Waals surface area contributed by atoms with E-state index >= 15 is 0 Å². The minimum atomic E-state index is -0.203. The molecule has 82 valence electrons. The summed E-state index contributed by atoms with van der Waals surface area (Å²) in [6.45, 7) is 3.70. The zero-order valence-electron chi connectivity index (χ0n) is 9.31. The maximum atomic E-state index is 12.0. The molecule has 3 nitrogen and oxygen atoms in total. The molecule has 0 fully saturated rings. The minimum absolute atomic E-state index is 0.197. The van der Waals surface area contributed by atoms with Gasteiger partial charge in [-0.1, -0.05) is 24.3 Å². The van der Waals surface area contributed by atoms with Gasteiger partial charge >= 0.3 is 0 Å². The van der Waals surface area contributed by atoms with Crippen molar-refractivity contribution in [3.63, 3.8) is 0 Å². The molecule has 0 bridgehead atoms. The molecule has 0 saturated carbocycles. The third-order valence-corrected chi connectivity index (χ3v) is 2.70. The van der Waals surface area contributed by atoms with E-state index in [-0.39, 0.29) is 17.9 Å². The lowest BCUT2D eigenvalue weighted by Crippen LogP contribution is -2.36. The standard InChI is InChI=1S/C13H13NO2/c1-3-6-9(2)14-12(15)10-7-4-5-8-11(10)13(14)16/h3-9H,1-2H3/b6-3+/t9-/m0/s1. The van der Waals surface area contributed by atoms with Crippen molar-refractivity contribution < 1.29 is 9.59 Å². The van der Waals surface area contributed by atoms with Crippen LogP contribution in [0.2, 0.25) is 0 Å². The van der Waals surface area contributed by atoms with Crippen molar-refractivity contribution >= 4 is 11.8 Å². The Hall–Kier alpha value is -1.90. The first-order valence-electron chi connectivity index (χ1n) is 5.26. The summed E-state index contributed by atoms with van der Waals surface area (Å²) < 4.78 is 0. The van der Waals surface area contributed by atoms with Crippen molar-refractivity contribution in [2.75, 3.05) is 0 Å². The van der Waals surface area contributed by atoms with Crippen molar-refractivity contribution in [3.05, 3.63) is 47.5 Å². The normalized spacial score (nSPS) is 17.0. The van der Waals surface area contributed by atoms with Crippen LogP contribution in [0.3, 0.4) is 0 Å². The molecule has 16 heavy (non-hydrogen) atoms. The highest BCUT2D eigenvalue weighted by atomic mass is 16.2. The Morgan fingerprint density at radius 2 is 1.62 bits per heavy atom. The molecular formula is C13H13NO2. The molecule has 1 atom stereocenters. The van der Waals surface area contributed by atoms with Crippen molar-refractivity contribution in [2.24, 2.45) is 0 Å². The summed E-state index contributed by atoms with van der Waals surface area (Å²) in [7, 11) is 0. The van der Waals surface area contributed by atoms with Crippen LogP contribution in [0.15, 0.2) is 36.4 Å². The number of carbonyl (C=O) groups is 2. The smallest absolute Gasteiger partial charge is 0.262 e. The van der Waals surface area contributed by atoms with E-state index in [0.717, 1.165) is 0 Å². The van der Waals surface area contributed by atoms with Crippen LogP contribution in [0.5, 0.6) is 0 Å². The van der Waals surface area contributed by atoms with Gasteiger partial charge in [-0.2, -0.15) is 0 Å². The first-order chi connectivity index (χ1) is 7.66. The topological polar surface area (TPSA) is 37.4 Å². The summed E-state index contributed by atoms with van der Waals surface area (Å²) >= 11 is 0. The van der Waals surface area contributed by atoms with Gasteiger partial charge < -0.3 is 0 Å². The van der Waals surface area contributed by atoms with Crippen LogP contribution >= 0.6 is 0 Å². The Morgan fingerprint density at radius 1 is 1.12 bits per heavy atom. The monoisotopic (exact) mass is 215 g/mol. The van der Waals surface area contributed by atoms with Crippen molar-refractivity contribution in [3.8, 4) is 0 Å². The van der Waals surface area contributed by atoms with Crippen LogP contribution in [-0.4, -0.2) is 22.8 Å². The fourth-order valence-corrected chi connectivity index (χ4v) is 1.94. The second-order valence-corrected chi connectivity index (χ2v) is 3.79. The van der Waals surface area contributed by atoms with Crippen LogP contribution in [0.25, 0.3) is 0 Å². The van der Waals surface area contributed by atoms with Gasteiger partial charge in [0, 0.05) is 0 Å². The maximum absolute atomic E-state index is 12.0. The molecule has 0 aliphatic carbocycles. The molecule has 1 aliphatic rings. The predicted molar refractivity (Wildman–Crippen MR) is 61.2 cm³/mol. The van der Waals surface area contributed by atoms with Crippen molar-refractivity contribution in [1.82, 2.24) is 4.90 Å². The van der Waals surface area contributed by atoms with Crippen LogP contribution in [0.4, 0.5) is 0 Å². The molecule has 0 radical (unpaired) electrons. The summed E-state index contributed by atoms with van der Waals surface area (Å²) in [5.41, 5.74) is 1.01. The van der Waals surface area contributed by atoms with Gasteiger partial charge in [0.25, 0.3) is 11.8 Å². The van der Waals surface area contributed by atoms with Crippen LogP contribution in [0, 0.1) is 0 Å². The zero-order valence-corrected chi connectivity index (χ0v) is 9.31. The number of fused-ring (bicyclic) bond motifs is 1. The van der Waals surface area contributed by atoms with Gasteiger partial charge in [-0.25, -0.2) is 0 Å². The lowest BCUT2D eigenvalue weighted by Gasteiger charge is -2.18. The van der Waals surface area contributed by atoms with E-state index in [1.165, 1.54) is 4.90 Å². The van der Waals surface area contributed by atoms with Crippen molar-refractivity contribution in [1.29, 1.82) is 0 Å². The first-order valence-corrected chi connectivity index (χ1v) is 5.26. The van der Waals surface area contributed by atoms with Gasteiger partial charge in [-0.05, 0) is 26.0 Å². The highest BCUT2D eigenvalue weighted by Crippen LogP contribution is 2.24. The van der Waals surface area contributed by atoms with Crippen LogP contribution in [0.1, 0.15) is 34.6 Å². The number of imide groups is 1. The lowest BCUT2D eigenvalue weighted by atomic mass is 10.1. The molecule has 0 spiro atoms. The van der Waals surface area contributed by atoms with E-state index in [1.54, 1.807) is 24.3 Å². The largest absolute Gasteiger partial charge is 0.269 e. The Labute approximate surface area is 94.4 Å². The van der Waals surface area contributed by atoms with Gasteiger partial charge in [0.05, 0.1) is 17.2 Å². The fourth-order valence-electron chi connectivity index (χ4n) is 1.94. The lowest BCUT2D eigenvalue weighted by molar-refractivity contribution is 0.0625. The van der Waals surface area contributed by atoms with E-state index in [2.05, 4.69) is 0 Å². The number of hydrogen-bond acceptors (Lipinski definition) is 2. The molecule has 3 heteroatoms. The van der Waals surface area contributed by atoms with Crippen LogP contribution < -0.4 is 0 Å². The molecule has 1 aromatic rings. The summed E-state index contributed by atoms with van der Waals surface area (Å²) in [5, 5.41) is 0. The van der Waals surface area contributed by atoms with Gasteiger partial charge in [-0.15, -0.1) is 0 Å². The number of carbonyl (C=O) groups excluding carboxylic acids is 2. The van der Waals surface area contributed by atoms with E-state index in [1.807, 2.05) is 26.0 Å². The average Bonchev–Trinajstić information content (AvgIpc) is 2.53. The van der Waals surface area contributed by atoms with Crippen molar-refractivity contribution in [2.45, 2.75) is 19.9 Å². The van der Waals surface area contributed by atoms with Gasteiger partial charge in [0.1, 0.15) is 0 Å². The molecule has 2 rings (SSSR count). The van der Waals surface area contributed by atoms with E-state index in [0.29, 0.717) is 11.1 Å². The summed E-state index contributed by atoms with van der Waals surface area (Å²) in [6.07, 6.45) is 3.68. The molecule has 1 heterocycles. The molecule has 0 aromatic heterocycles. The number of rotatable bonds is 2. The molecule has 1 aromatic carbocycles. The molecule has 1 aliphatic heterocycles. The number of amides is 2. The Morgan fingerprint density at radius 3 is 2.06 bits per heavy atom. The van der Waals surface area contributed by atoms with Crippen LogP contribution in [-0.2, 0) is 0 Å². The summed E-state index contributed by atoms with van der Waals surface area (Å²) in [5.74, 6) is -0.405. The zero-order chi connectivity index (χ0) is 11.7. The molecule has 0 N–H and O–H groups in total. The highest BCUT2D eigenvalue weighted by molar-refractivity contribution is 6.21. The number of nitrogens with zero attached hydrogens (tertiary/aromatic N) is 1. The van der Waals surface area contributed by atoms with E-state index < -0.39 is 0 Å². The number of benzene rings is 1. The second-order valence-electron chi connectivity index (χ2n) is 3.79. The van der Waals surface area contributed by atoms with Gasteiger partial charge in [0.15, 0.2) is 0 Å². The van der Waals surface area contributed by atoms with Gasteiger partial charge in [-0.3, -0.25) is 14.5 Å². The summed E-state index contributed by atoms with van der Waals surface area (Å²) in [6, 6.07) is 6.73. The van der Waals surface area contributed by atoms with E-state index in [9.17, 15) is 9.59 Å². The molecule has 0 saturated heterocycles. The summed E-state index contributed by atoms with van der Waals surface area (Å²) in [4.78, 5) is 25.3. The van der Waals surface area contributed by atoms with Gasteiger partial charge in [0.2, 0.25) is 0 Å². The Balaban J connectivity index is 2.42. The number of hydrogen-bond donors (Lipinski definition) is 0. The van der Waals surface area contributed by atoms with E-state index in [4.69, 9.17) is 0 Å². The average molecular weight is 215 g/mol. The number of allylic oxidation sites excluding steroid dienone is 1.